The van der Waals surface area contributed by atoms with Crippen LogP contribution in [0.2, 0.25) is 0 Å². The van der Waals surface area contributed by atoms with E-state index < -0.39 is 0 Å². The molecule has 1 aliphatic rings. The van der Waals surface area contributed by atoms with E-state index in [-0.39, 0.29) is 11.8 Å². The molecule has 1 aromatic carbocycles. The Morgan fingerprint density at radius 3 is 2.61 bits per heavy atom. The molecule has 0 atom stereocenters. The first-order valence-corrected chi connectivity index (χ1v) is 6.39. The molecule has 0 amide bonds. The Morgan fingerprint density at radius 2 is 1.94 bits per heavy atom. The van der Waals surface area contributed by atoms with Gasteiger partial charge in [0.2, 0.25) is 0 Å². The van der Waals surface area contributed by atoms with Crippen molar-refractivity contribution in [1.82, 2.24) is 5.32 Å². The number of hydrogen-bond acceptors (Lipinski definition) is 3. The highest BCUT2D eigenvalue weighted by atomic mass is 19.1. The lowest BCUT2D eigenvalue weighted by atomic mass is 9.95. The van der Waals surface area contributed by atoms with Gasteiger partial charge in [-0.05, 0) is 62.5 Å². The zero-order chi connectivity index (χ0) is 12.8. The second kappa shape index (κ2) is 6.50. The summed E-state index contributed by atoms with van der Waals surface area (Å²) in [4.78, 5) is 11.6. The highest BCUT2D eigenvalue weighted by molar-refractivity contribution is 5.89. The summed E-state index contributed by atoms with van der Waals surface area (Å²) >= 11 is 0. The van der Waals surface area contributed by atoms with Crippen molar-refractivity contribution < 1.29 is 13.9 Å². The van der Waals surface area contributed by atoms with Crippen LogP contribution in [0.5, 0.6) is 0 Å². The fourth-order valence-corrected chi connectivity index (χ4v) is 2.16. The van der Waals surface area contributed by atoms with Gasteiger partial charge in [0, 0.05) is 0 Å². The van der Waals surface area contributed by atoms with Gasteiger partial charge in [-0.2, -0.15) is 0 Å². The molecular weight excluding hydrogens is 233 g/mol. The lowest BCUT2D eigenvalue weighted by Gasteiger charge is -2.22. The zero-order valence-electron chi connectivity index (χ0n) is 10.3. The minimum atomic E-state index is -0.371. The number of hydrogen-bond donors (Lipinski definition) is 1. The highest BCUT2D eigenvalue weighted by Crippen LogP contribution is 2.16. The predicted octanol–water partition coefficient (Wildman–Crippen LogP) is 2.37. The molecule has 1 aromatic rings. The van der Waals surface area contributed by atoms with Gasteiger partial charge in [0.1, 0.15) is 5.82 Å². The predicted molar refractivity (Wildman–Crippen MR) is 66.9 cm³/mol. The van der Waals surface area contributed by atoms with Crippen LogP contribution in [0.1, 0.15) is 29.6 Å². The van der Waals surface area contributed by atoms with Gasteiger partial charge in [-0.3, -0.25) is 0 Å². The molecule has 1 heterocycles. The van der Waals surface area contributed by atoms with Crippen LogP contribution >= 0.6 is 0 Å². The number of halogens is 1. The Kier molecular flexibility index (Phi) is 4.70. The Morgan fingerprint density at radius 1 is 1.28 bits per heavy atom. The molecule has 98 valence electrons. The second-order valence-electron chi connectivity index (χ2n) is 4.62. The van der Waals surface area contributed by atoms with E-state index in [9.17, 15) is 9.18 Å². The van der Waals surface area contributed by atoms with Crippen LogP contribution in [0.25, 0.3) is 0 Å². The van der Waals surface area contributed by atoms with Gasteiger partial charge in [0.25, 0.3) is 0 Å². The van der Waals surface area contributed by atoms with Crippen LogP contribution in [0.15, 0.2) is 24.3 Å². The molecule has 0 aromatic heterocycles. The number of nitrogens with one attached hydrogen (secondary N) is 1. The van der Waals surface area contributed by atoms with E-state index in [1.807, 2.05) is 0 Å². The van der Waals surface area contributed by atoms with Gasteiger partial charge >= 0.3 is 5.97 Å². The monoisotopic (exact) mass is 251 g/mol. The average molecular weight is 251 g/mol. The van der Waals surface area contributed by atoms with E-state index in [0.717, 1.165) is 32.4 Å². The van der Waals surface area contributed by atoms with Gasteiger partial charge in [0.15, 0.2) is 0 Å². The van der Waals surface area contributed by atoms with E-state index in [2.05, 4.69) is 5.32 Å². The minimum absolute atomic E-state index is 0.346. The summed E-state index contributed by atoms with van der Waals surface area (Å²) in [5.41, 5.74) is 0.404. The molecule has 0 aliphatic carbocycles. The SMILES string of the molecule is O=C(OCCC1CCNCC1)c1ccc(F)cc1. The fraction of sp³-hybridized carbons (Fsp3) is 0.500. The Balaban J connectivity index is 1.72. The first-order chi connectivity index (χ1) is 8.75. The maximum Gasteiger partial charge on any atom is 0.338 e. The largest absolute Gasteiger partial charge is 0.462 e. The molecule has 1 N–H and O–H groups in total. The van der Waals surface area contributed by atoms with E-state index in [1.54, 1.807) is 0 Å². The van der Waals surface area contributed by atoms with E-state index >= 15 is 0 Å². The van der Waals surface area contributed by atoms with E-state index in [0.29, 0.717) is 18.1 Å². The normalized spacial score (nSPS) is 16.5. The third kappa shape index (κ3) is 3.81. The third-order valence-electron chi connectivity index (χ3n) is 3.30. The number of esters is 1. The summed E-state index contributed by atoms with van der Waals surface area (Å²) in [6.45, 7) is 2.55. The number of carbonyl (C=O) groups excluding carboxylic acids is 1. The topological polar surface area (TPSA) is 38.3 Å². The molecule has 0 radical (unpaired) electrons. The first-order valence-electron chi connectivity index (χ1n) is 6.39. The number of benzene rings is 1. The van der Waals surface area contributed by atoms with Crippen molar-refractivity contribution >= 4 is 5.97 Å². The Bertz CT molecular complexity index is 385. The van der Waals surface area contributed by atoms with Crippen LogP contribution in [-0.2, 0) is 4.74 Å². The molecule has 0 unspecified atom stereocenters. The number of rotatable bonds is 4. The van der Waals surface area contributed by atoms with Crippen LogP contribution < -0.4 is 5.32 Å². The van der Waals surface area contributed by atoms with Crippen molar-refractivity contribution in [3.05, 3.63) is 35.6 Å². The summed E-state index contributed by atoms with van der Waals surface area (Å²) in [5, 5.41) is 3.30. The summed E-state index contributed by atoms with van der Waals surface area (Å²) in [7, 11) is 0. The van der Waals surface area contributed by atoms with Gasteiger partial charge in [-0.15, -0.1) is 0 Å². The van der Waals surface area contributed by atoms with Gasteiger partial charge in [-0.25, -0.2) is 9.18 Å². The Labute approximate surface area is 106 Å². The first kappa shape index (κ1) is 13.0. The smallest absolute Gasteiger partial charge is 0.338 e. The van der Waals surface area contributed by atoms with Crippen LogP contribution in [0, 0.1) is 11.7 Å². The Hall–Kier alpha value is -1.42. The average Bonchev–Trinajstić information content (AvgIpc) is 2.40. The van der Waals surface area contributed by atoms with Gasteiger partial charge in [0.05, 0.1) is 12.2 Å². The standard InChI is InChI=1S/C14H18FNO2/c15-13-3-1-12(2-4-13)14(17)18-10-7-11-5-8-16-9-6-11/h1-4,11,16H,5-10H2. The fourth-order valence-electron chi connectivity index (χ4n) is 2.16. The molecule has 2 rings (SSSR count). The second-order valence-corrected chi connectivity index (χ2v) is 4.62. The van der Waals surface area contributed by atoms with Crippen molar-refractivity contribution in [3.63, 3.8) is 0 Å². The number of ether oxygens (including phenoxy) is 1. The molecule has 18 heavy (non-hydrogen) atoms. The minimum Gasteiger partial charge on any atom is -0.462 e. The van der Waals surface area contributed by atoms with Crippen LogP contribution in [0.3, 0.4) is 0 Å². The van der Waals surface area contributed by atoms with Crippen molar-refractivity contribution in [2.24, 2.45) is 5.92 Å². The van der Waals surface area contributed by atoms with Crippen molar-refractivity contribution in [2.75, 3.05) is 19.7 Å². The maximum atomic E-state index is 12.7. The van der Waals surface area contributed by atoms with Crippen LogP contribution in [0.4, 0.5) is 4.39 Å². The molecule has 1 saturated heterocycles. The van der Waals surface area contributed by atoms with Crippen molar-refractivity contribution in [3.8, 4) is 0 Å². The maximum absolute atomic E-state index is 12.7. The number of piperidine rings is 1. The van der Waals surface area contributed by atoms with E-state index in [1.165, 1.54) is 24.3 Å². The molecule has 0 spiro atoms. The molecule has 1 aliphatic heterocycles. The van der Waals surface area contributed by atoms with E-state index in [4.69, 9.17) is 4.74 Å². The zero-order valence-corrected chi connectivity index (χ0v) is 10.3. The third-order valence-corrected chi connectivity index (χ3v) is 3.30. The summed E-state index contributed by atoms with van der Waals surface area (Å²) < 4.78 is 17.9. The molecule has 3 nitrogen and oxygen atoms in total. The number of carbonyl (C=O) groups is 1. The van der Waals surface area contributed by atoms with Crippen molar-refractivity contribution in [2.45, 2.75) is 19.3 Å². The summed E-state index contributed by atoms with van der Waals surface area (Å²) in [5.74, 6) is -0.0718. The molecule has 0 bridgehead atoms. The van der Waals surface area contributed by atoms with Gasteiger partial charge < -0.3 is 10.1 Å². The lowest BCUT2D eigenvalue weighted by molar-refractivity contribution is 0.0476. The molecule has 0 saturated carbocycles. The summed E-state index contributed by atoms with van der Waals surface area (Å²) in [6.07, 6.45) is 3.21. The molecular formula is C14H18FNO2. The lowest BCUT2D eigenvalue weighted by Crippen LogP contribution is -2.28. The quantitative estimate of drug-likeness (QED) is 0.835. The van der Waals surface area contributed by atoms with Crippen LogP contribution in [-0.4, -0.2) is 25.7 Å². The molecule has 4 heteroatoms. The molecule has 1 fully saturated rings. The van der Waals surface area contributed by atoms with Gasteiger partial charge in [-0.1, -0.05) is 0 Å². The van der Waals surface area contributed by atoms with Crippen molar-refractivity contribution in [1.29, 1.82) is 0 Å². The highest BCUT2D eigenvalue weighted by Gasteiger charge is 2.14. The summed E-state index contributed by atoms with van der Waals surface area (Å²) in [6, 6.07) is 5.43.